The van der Waals surface area contributed by atoms with Gasteiger partial charge in [0, 0.05) is 25.3 Å². The first-order valence-corrected chi connectivity index (χ1v) is 8.31. The van der Waals surface area contributed by atoms with E-state index in [1.54, 1.807) is 36.0 Å². The number of carbonyl (C=O) groups is 1. The quantitative estimate of drug-likeness (QED) is 0.681. The van der Waals surface area contributed by atoms with Gasteiger partial charge >= 0.3 is 0 Å². The molecule has 108 valence electrons. The molecule has 1 heterocycles. The van der Waals surface area contributed by atoms with Crippen molar-refractivity contribution < 1.29 is 9.90 Å². The summed E-state index contributed by atoms with van der Waals surface area (Å²) in [4.78, 5) is 14.2. The summed E-state index contributed by atoms with van der Waals surface area (Å²) in [5, 5.41) is 9.63. The van der Waals surface area contributed by atoms with E-state index in [-0.39, 0.29) is 11.5 Å². The van der Waals surface area contributed by atoms with Gasteiger partial charge in [0.15, 0.2) is 5.78 Å². The van der Waals surface area contributed by atoms with Crippen molar-refractivity contribution in [3.05, 3.63) is 29.8 Å². The zero-order valence-corrected chi connectivity index (χ0v) is 13.0. The van der Waals surface area contributed by atoms with E-state index in [0.29, 0.717) is 17.7 Å². The van der Waals surface area contributed by atoms with Gasteiger partial charge in [-0.2, -0.15) is 0 Å². The first-order chi connectivity index (χ1) is 9.68. The highest BCUT2D eigenvalue weighted by Gasteiger charge is 2.15. The molecule has 0 bridgehead atoms. The number of hydrogen-bond acceptors (Lipinski definition) is 4. The number of benzene rings is 1. The highest BCUT2D eigenvalue weighted by Crippen LogP contribution is 2.20. The Labute approximate surface area is 129 Å². The molecule has 1 saturated heterocycles. The van der Waals surface area contributed by atoms with E-state index in [4.69, 9.17) is 12.2 Å². The van der Waals surface area contributed by atoms with Crippen LogP contribution in [0.4, 0.5) is 0 Å². The van der Waals surface area contributed by atoms with Gasteiger partial charge in [-0.1, -0.05) is 36.1 Å². The molecule has 2 rings (SSSR count). The Bertz CT molecular complexity index is 485. The molecule has 0 aliphatic carbocycles. The van der Waals surface area contributed by atoms with E-state index < -0.39 is 0 Å². The molecule has 20 heavy (non-hydrogen) atoms. The number of para-hydroxylation sites is 1. The number of phenolic OH excluding ortho intramolecular Hbond substituents is 1. The molecule has 1 fully saturated rings. The molecule has 1 aromatic rings. The number of carbonyl (C=O) groups excluding carboxylic acids is 1. The molecule has 1 aliphatic heterocycles. The smallest absolute Gasteiger partial charge is 0.167 e. The van der Waals surface area contributed by atoms with Crippen LogP contribution in [0.25, 0.3) is 0 Å². The van der Waals surface area contributed by atoms with Crippen LogP contribution in [0.5, 0.6) is 5.75 Å². The molecule has 1 N–H and O–H groups in total. The van der Waals surface area contributed by atoms with Crippen LogP contribution >= 0.6 is 24.0 Å². The Hall–Kier alpha value is -1.07. The minimum Gasteiger partial charge on any atom is -0.507 e. The van der Waals surface area contributed by atoms with Crippen LogP contribution in [0.3, 0.4) is 0 Å². The van der Waals surface area contributed by atoms with Crippen LogP contribution in [-0.2, 0) is 0 Å². The second-order valence-corrected chi connectivity index (χ2v) is 6.58. The van der Waals surface area contributed by atoms with E-state index in [2.05, 4.69) is 4.90 Å². The summed E-state index contributed by atoms with van der Waals surface area (Å²) in [6.45, 7) is 2.08. The Kier molecular flexibility index (Phi) is 5.86. The largest absolute Gasteiger partial charge is 0.507 e. The summed E-state index contributed by atoms with van der Waals surface area (Å²) < 4.78 is 0.898. The molecule has 3 nitrogen and oxygen atoms in total. The van der Waals surface area contributed by atoms with Gasteiger partial charge in [-0.15, -0.1) is 0 Å². The zero-order chi connectivity index (χ0) is 14.4. The van der Waals surface area contributed by atoms with E-state index in [9.17, 15) is 9.90 Å². The van der Waals surface area contributed by atoms with Gasteiger partial charge < -0.3 is 10.0 Å². The number of hydrogen-bond donors (Lipinski definition) is 1. The molecule has 0 aromatic heterocycles. The maximum atomic E-state index is 12.0. The van der Waals surface area contributed by atoms with Crippen molar-refractivity contribution >= 4 is 34.1 Å². The average Bonchev–Trinajstić information content (AvgIpc) is 2.48. The monoisotopic (exact) mass is 309 g/mol. The zero-order valence-electron chi connectivity index (χ0n) is 11.4. The van der Waals surface area contributed by atoms with E-state index in [1.807, 2.05) is 0 Å². The molecule has 0 amide bonds. The van der Waals surface area contributed by atoms with Gasteiger partial charge in [-0.05, 0) is 31.4 Å². The molecule has 0 spiro atoms. The average molecular weight is 309 g/mol. The number of aromatic hydroxyl groups is 1. The lowest BCUT2D eigenvalue weighted by molar-refractivity contribution is 0.0987. The van der Waals surface area contributed by atoms with E-state index >= 15 is 0 Å². The van der Waals surface area contributed by atoms with Gasteiger partial charge in [0.1, 0.15) is 10.1 Å². The van der Waals surface area contributed by atoms with Gasteiger partial charge in [-0.25, -0.2) is 0 Å². The second-order valence-electron chi connectivity index (χ2n) is 4.85. The van der Waals surface area contributed by atoms with E-state index in [0.717, 1.165) is 17.4 Å². The van der Waals surface area contributed by atoms with Gasteiger partial charge in [0.05, 0.1) is 5.56 Å². The van der Waals surface area contributed by atoms with Gasteiger partial charge in [0.2, 0.25) is 0 Å². The lowest BCUT2D eigenvalue weighted by atomic mass is 10.1. The van der Waals surface area contributed by atoms with Crippen molar-refractivity contribution in [3.63, 3.8) is 0 Å². The van der Waals surface area contributed by atoms with Gasteiger partial charge in [0.25, 0.3) is 0 Å². The minimum atomic E-state index is -0.0305. The van der Waals surface area contributed by atoms with Gasteiger partial charge in [-0.3, -0.25) is 4.79 Å². The van der Waals surface area contributed by atoms with Crippen LogP contribution in [0.1, 0.15) is 36.0 Å². The van der Waals surface area contributed by atoms with Crippen molar-refractivity contribution in [2.75, 3.05) is 18.8 Å². The fraction of sp³-hybridized carbons (Fsp3) is 0.467. The van der Waals surface area contributed by atoms with Crippen LogP contribution in [0.2, 0.25) is 0 Å². The molecule has 0 unspecified atom stereocenters. The second kappa shape index (κ2) is 7.64. The Morgan fingerprint density at radius 2 is 1.95 bits per heavy atom. The maximum Gasteiger partial charge on any atom is 0.167 e. The molecule has 0 radical (unpaired) electrons. The third-order valence-electron chi connectivity index (χ3n) is 3.37. The molecule has 1 aliphatic rings. The lowest BCUT2D eigenvalue weighted by Gasteiger charge is -2.28. The number of ketones is 1. The fourth-order valence-corrected chi connectivity index (χ4v) is 3.50. The molecule has 0 atom stereocenters. The summed E-state index contributed by atoms with van der Waals surface area (Å²) >= 11 is 6.96. The van der Waals surface area contributed by atoms with Crippen LogP contribution in [-0.4, -0.2) is 39.0 Å². The van der Waals surface area contributed by atoms with Crippen LogP contribution in [0, 0.1) is 0 Å². The Morgan fingerprint density at radius 1 is 1.25 bits per heavy atom. The third kappa shape index (κ3) is 4.21. The predicted octanol–water partition coefficient (Wildman–Crippen LogP) is 3.47. The standard InChI is InChI=1S/C15H19NO2S2/c17-13-7-3-2-6-12(13)14(18)8-11-20-15(19)16-9-4-1-5-10-16/h2-3,6-7,17H,1,4-5,8-11H2. The summed E-state index contributed by atoms with van der Waals surface area (Å²) in [5.74, 6) is 0.695. The first-order valence-electron chi connectivity index (χ1n) is 6.91. The van der Waals surface area contributed by atoms with Crippen molar-refractivity contribution in [1.82, 2.24) is 4.90 Å². The number of phenols is 1. The topological polar surface area (TPSA) is 40.5 Å². The normalized spacial score (nSPS) is 15.1. The van der Waals surface area contributed by atoms with Crippen LogP contribution in [0.15, 0.2) is 24.3 Å². The SMILES string of the molecule is O=C(CCSC(=S)N1CCCCC1)c1ccccc1O. The summed E-state index contributed by atoms with van der Waals surface area (Å²) in [7, 11) is 0. The maximum absolute atomic E-state index is 12.0. The first kappa shape index (κ1) is 15.3. The molecule has 5 heteroatoms. The highest BCUT2D eigenvalue weighted by atomic mass is 32.2. The van der Waals surface area contributed by atoms with Crippen molar-refractivity contribution in [1.29, 1.82) is 0 Å². The molecule has 1 aromatic carbocycles. The fourth-order valence-electron chi connectivity index (χ4n) is 2.24. The number of rotatable bonds is 4. The lowest BCUT2D eigenvalue weighted by Crippen LogP contribution is -2.32. The van der Waals surface area contributed by atoms with Crippen LogP contribution < -0.4 is 0 Å². The van der Waals surface area contributed by atoms with Crippen molar-refractivity contribution in [2.45, 2.75) is 25.7 Å². The van der Waals surface area contributed by atoms with Crippen molar-refractivity contribution in [3.8, 4) is 5.75 Å². The molecular formula is C15H19NO2S2. The number of thioether (sulfide) groups is 1. The number of piperidine rings is 1. The summed E-state index contributed by atoms with van der Waals surface area (Å²) in [6.07, 6.45) is 4.10. The summed E-state index contributed by atoms with van der Waals surface area (Å²) in [5.41, 5.74) is 0.400. The Balaban J connectivity index is 1.76. The molecular weight excluding hydrogens is 290 g/mol. The summed E-state index contributed by atoms with van der Waals surface area (Å²) in [6, 6.07) is 6.68. The number of Topliss-reactive ketones (excluding diaryl/α,β-unsaturated/α-hetero) is 1. The number of nitrogens with zero attached hydrogens (tertiary/aromatic N) is 1. The third-order valence-corrected chi connectivity index (χ3v) is 4.90. The number of likely N-dealkylation sites (tertiary alicyclic amines) is 1. The predicted molar refractivity (Wildman–Crippen MR) is 87.5 cm³/mol. The minimum absolute atomic E-state index is 0.0305. The number of thiocarbonyl (C=S) groups is 1. The molecule has 0 saturated carbocycles. The van der Waals surface area contributed by atoms with Crippen molar-refractivity contribution in [2.24, 2.45) is 0 Å². The Morgan fingerprint density at radius 3 is 2.65 bits per heavy atom. The highest BCUT2D eigenvalue weighted by molar-refractivity contribution is 8.22. The van der Waals surface area contributed by atoms with E-state index in [1.165, 1.54) is 19.3 Å².